The molecule has 0 rings (SSSR count). The first-order valence-electron chi connectivity index (χ1n) is 3.41. The summed E-state index contributed by atoms with van der Waals surface area (Å²) >= 11 is 0. The van der Waals surface area contributed by atoms with E-state index in [1.54, 1.807) is 0 Å². The minimum atomic E-state index is -0.814. The van der Waals surface area contributed by atoms with E-state index < -0.39 is 14.4 Å². The Hall–Kier alpha value is 2.78. The fourth-order valence-electron chi connectivity index (χ4n) is 0.919. The van der Waals surface area contributed by atoms with E-state index in [-0.39, 0.29) is 62.0 Å². The van der Waals surface area contributed by atoms with Crippen molar-refractivity contribution in [2.75, 3.05) is 0 Å². The molecule has 60 valence electrons. The third-order valence-electron chi connectivity index (χ3n) is 0.612. The van der Waals surface area contributed by atoms with Gasteiger partial charge in [-0.25, -0.2) is 10.7 Å². The summed E-state index contributed by atoms with van der Waals surface area (Å²) in [6, 6.07) is 0. The van der Waals surface area contributed by atoms with Crippen molar-refractivity contribution < 1.29 is 62.0 Å². The SMILES string of the molecule is C[Si](C)(C)S[Si](C)(C)C.[H-].[H-].[Na+].[Na+]. The van der Waals surface area contributed by atoms with Crippen LogP contribution in [0.5, 0.6) is 0 Å². The molecule has 0 radical (unpaired) electrons. The van der Waals surface area contributed by atoms with Gasteiger partial charge in [-0.1, -0.05) is 39.3 Å². The summed E-state index contributed by atoms with van der Waals surface area (Å²) in [5.41, 5.74) is 0. The van der Waals surface area contributed by atoms with Crippen LogP contribution in [0.15, 0.2) is 0 Å². The van der Waals surface area contributed by atoms with E-state index in [2.05, 4.69) is 49.9 Å². The van der Waals surface area contributed by atoms with E-state index in [1.807, 2.05) is 0 Å². The first-order chi connectivity index (χ1) is 3.71. The quantitative estimate of drug-likeness (QED) is 0.474. The molecule has 0 aliphatic carbocycles. The van der Waals surface area contributed by atoms with E-state index in [4.69, 9.17) is 0 Å². The smallest absolute Gasteiger partial charge is 1.00 e. The van der Waals surface area contributed by atoms with Crippen LogP contribution >= 0.6 is 10.7 Å². The van der Waals surface area contributed by atoms with Gasteiger partial charge in [0.15, 0.2) is 0 Å². The fourth-order valence-corrected chi connectivity index (χ4v) is 24.8. The molecule has 0 bridgehead atoms. The second kappa shape index (κ2) is 7.13. The largest absolute Gasteiger partial charge is 1.00 e. The van der Waals surface area contributed by atoms with Crippen molar-refractivity contribution in [1.82, 2.24) is 0 Å². The van der Waals surface area contributed by atoms with Crippen LogP contribution in [0.4, 0.5) is 0 Å². The topological polar surface area (TPSA) is 0 Å². The average molecular weight is 226 g/mol. The molecule has 0 unspecified atom stereocenters. The molecule has 0 saturated heterocycles. The van der Waals surface area contributed by atoms with Crippen molar-refractivity contribution in [2.24, 2.45) is 0 Å². The minimum Gasteiger partial charge on any atom is -1.00 e. The van der Waals surface area contributed by atoms with Crippen LogP contribution in [-0.2, 0) is 0 Å². The van der Waals surface area contributed by atoms with Crippen LogP contribution in [0, 0.1) is 0 Å². The normalized spacial score (nSPS) is 11.5. The van der Waals surface area contributed by atoms with Crippen LogP contribution in [0.25, 0.3) is 0 Å². The predicted molar refractivity (Wildman–Crippen MR) is 56.5 cm³/mol. The van der Waals surface area contributed by atoms with Gasteiger partial charge in [0.05, 0.1) is 0 Å². The summed E-state index contributed by atoms with van der Waals surface area (Å²) in [6.45, 7) is 14.6. The number of hydrogen-bond acceptors (Lipinski definition) is 1. The molecule has 0 aromatic heterocycles. The third kappa shape index (κ3) is 19.3. The van der Waals surface area contributed by atoms with Crippen molar-refractivity contribution in [3.8, 4) is 0 Å². The Morgan fingerprint density at radius 2 is 0.909 bits per heavy atom. The molecule has 0 nitrogen and oxygen atoms in total. The fraction of sp³-hybridized carbons (Fsp3) is 1.00. The van der Waals surface area contributed by atoms with E-state index in [9.17, 15) is 0 Å². The molecule has 0 aliphatic rings. The first kappa shape index (κ1) is 19.4. The Bertz CT molecular complexity index is 91.8. The van der Waals surface area contributed by atoms with Crippen molar-refractivity contribution in [2.45, 2.75) is 39.3 Å². The Labute approximate surface area is 125 Å². The Balaban J connectivity index is -0.0000000533. The molecule has 11 heavy (non-hydrogen) atoms. The molecule has 0 aromatic rings. The zero-order valence-corrected chi connectivity index (χ0v) is 16.2. The second-order valence-electron chi connectivity index (χ2n) is 4.33. The Morgan fingerprint density at radius 1 is 0.727 bits per heavy atom. The monoisotopic (exact) mass is 226 g/mol. The average Bonchev–Trinajstić information content (AvgIpc) is 1.14. The molecule has 0 fully saturated rings. The molecular weight excluding hydrogens is 206 g/mol. The summed E-state index contributed by atoms with van der Waals surface area (Å²) in [6.07, 6.45) is 0. The van der Waals surface area contributed by atoms with Gasteiger partial charge >= 0.3 is 59.1 Å². The van der Waals surface area contributed by atoms with Crippen LogP contribution in [-0.4, -0.2) is 14.4 Å². The molecule has 0 N–H and O–H groups in total. The molecule has 5 heteroatoms. The van der Waals surface area contributed by atoms with E-state index in [0.29, 0.717) is 0 Å². The van der Waals surface area contributed by atoms with Crippen molar-refractivity contribution in [3.05, 3.63) is 0 Å². The van der Waals surface area contributed by atoms with Crippen LogP contribution < -0.4 is 59.1 Å². The van der Waals surface area contributed by atoms with Gasteiger partial charge in [-0.3, -0.25) is 0 Å². The standard InChI is InChI=1S/C6H18SSi2.2Na.2H/c1-8(2,3)7-9(4,5)6;;;;/h1-6H3;;;;/q;2*+1;2*-1. The first-order valence-corrected chi connectivity index (χ1v) is 12.7. The zero-order chi connectivity index (χ0) is 7.71. The summed E-state index contributed by atoms with van der Waals surface area (Å²) < 4.78 is 0. The van der Waals surface area contributed by atoms with Crippen LogP contribution in [0.2, 0.25) is 39.3 Å². The van der Waals surface area contributed by atoms with Crippen LogP contribution in [0.1, 0.15) is 2.85 Å². The molecule has 0 amide bonds. The minimum absolute atomic E-state index is 0. The summed E-state index contributed by atoms with van der Waals surface area (Å²) in [5.74, 6) is 0. The van der Waals surface area contributed by atoms with Gasteiger partial charge in [0.25, 0.3) is 0 Å². The second-order valence-corrected chi connectivity index (χ2v) is 22.8. The summed E-state index contributed by atoms with van der Waals surface area (Å²) in [5, 5.41) is 0. The Kier molecular flexibility index (Phi) is 12.5. The van der Waals surface area contributed by atoms with E-state index >= 15 is 0 Å². The van der Waals surface area contributed by atoms with Gasteiger partial charge in [-0.2, -0.15) is 0 Å². The van der Waals surface area contributed by atoms with Gasteiger partial charge in [-0.05, 0) is 0 Å². The van der Waals surface area contributed by atoms with Crippen molar-refractivity contribution >= 4 is 25.1 Å². The van der Waals surface area contributed by atoms with Crippen molar-refractivity contribution in [3.63, 3.8) is 0 Å². The molecule has 0 heterocycles. The summed E-state index contributed by atoms with van der Waals surface area (Å²) in [4.78, 5) is 0. The maximum absolute atomic E-state index is 2.43. The third-order valence-corrected chi connectivity index (χ3v) is 16.5. The van der Waals surface area contributed by atoms with Crippen LogP contribution in [0.3, 0.4) is 0 Å². The maximum Gasteiger partial charge on any atom is 1.00 e. The van der Waals surface area contributed by atoms with Gasteiger partial charge in [0.1, 0.15) is 14.4 Å². The zero-order valence-electron chi connectivity index (χ0n) is 11.4. The molecule has 0 saturated carbocycles. The van der Waals surface area contributed by atoms with Gasteiger partial charge in [-0.15, -0.1) is 0 Å². The molecule has 0 spiro atoms. The number of hydrogen-bond donors (Lipinski definition) is 0. The molecule has 0 aromatic carbocycles. The van der Waals surface area contributed by atoms with Crippen molar-refractivity contribution in [1.29, 1.82) is 0 Å². The summed E-state index contributed by atoms with van der Waals surface area (Å²) in [7, 11) is 0.663. The van der Waals surface area contributed by atoms with E-state index in [0.717, 1.165) is 0 Å². The molecule has 0 atom stereocenters. The molecular formula is C6H20Na2SSi2. The van der Waals surface area contributed by atoms with E-state index in [1.165, 1.54) is 0 Å². The number of rotatable bonds is 2. The Morgan fingerprint density at radius 3 is 0.909 bits per heavy atom. The molecule has 0 aliphatic heterocycles. The maximum atomic E-state index is 2.43. The van der Waals surface area contributed by atoms with Gasteiger partial charge in [0, 0.05) is 0 Å². The van der Waals surface area contributed by atoms with Gasteiger partial charge in [0.2, 0.25) is 0 Å². The van der Waals surface area contributed by atoms with Gasteiger partial charge < -0.3 is 2.85 Å². The predicted octanol–water partition coefficient (Wildman–Crippen LogP) is -2.38.